The van der Waals surface area contributed by atoms with Crippen molar-refractivity contribution in [3.05, 3.63) is 89.2 Å². The molecule has 4 aromatic rings. The molecular weight excluding hydrogens is 440 g/mol. The molecule has 1 heterocycles. The van der Waals surface area contributed by atoms with Crippen LogP contribution in [0, 0.1) is 6.92 Å². The summed E-state index contributed by atoms with van der Waals surface area (Å²) >= 11 is 0. The molecule has 0 fully saturated rings. The van der Waals surface area contributed by atoms with Gasteiger partial charge in [-0.25, -0.2) is 4.98 Å². The van der Waals surface area contributed by atoms with E-state index in [9.17, 15) is 9.90 Å². The summed E-state index contributed by atoms with van der Waals surface area (Å²) in [6.07, 6.45) is -0.758. The molecule has 1 aromatic heterocycles. The Morgan fingerprint density at radius 3 is 2.40 bits per heavy atom. The van der Waals surface area contributed by atoms with E-state index in [1.54, 1.807) is 24.3 Å². The largest absolute Gasteiger partial charge is 0.491 e. The topological polar surface area (TPSA) is 73.6 Å². The zero-order valence-corrected chi connectivity index (χ0v) is 20.7. The minimum absolute atomic E-state index is 0.00402. The first-order chi connectivity index (χ1) is 16.8. The van der Waals surface area contributed by atoms with E-state index in [4.69, 9.17) is 14.5 Å². The number of rotatable bonds is 10. The first-order valence-electron chi connectivity index (χ1n) is 11.9. The summed E-state index contributed by atoms with van der Waals surface area (Å²) in [5, 5.41) is 10.7. The molecular formula is C29H32N2O4. The smallest absolute Gasteiger partial charge is 0.159 e. The number of fused-ring (bicyclic) bond motifs is 1. The highest BCUT2D eigenvalue weighted by Gasteiger charge is 2.16. The van der Waals surface area contributed by atoms with E-state index in [-0.39, 0.29) is 19.0 Å². The fourth-order valence-electron chi connectivity index (χ4n) is 4.21. The summed E-state index contributed by atoms with van der Waals surface area (Å²) in [7, 11) is 0. The van der Waals surface area contributed by atoms with E-state index in [0.29, 0.717) is 23.8 Å². The Kier molecular flexibility index (Phi) is 7.51. The predicted octanol–water partition coefficient (Wildman–Crippen LogP) is 5.69. The van der Waals surface area contributed by atoms with Gasteiger partial charge in [0, 0.05) is 5.56 Å². The molecule has 0 bridgehead atoms. The molecule has 4 rings (SSSR count). The SMILES string of the molecule is CC(=O)c1ccc(OCC(O)Cn2c(COc3ccc(C(C)C)c(C)c3)nc3ccccc32)cc1. The summed E-state index contributed by atoms with van der Waals surface area (Å²) in [6.45, 7) is 8.70. The molecule has 0 aliphatic carbocycles. The van der Waals surface area contributed by atoms with Gasteiger partial charge >= 0.3 is 0 Å². The van der Waals surface area contributed by atoms with Crippen LogP contribution in [0.4, 0.5) is 0 Å². The molecule has 0 amide bonds. The number of carbonyl (C=O) groups is 1. The second-order valence-electron chi connectivity index (χ2n) is 9.13. The van der Waals surface area contributed by atoms with Gasteiger partial charge in [-0.1, -0.05) is 32.0 Å². The summed E-state index contributed by atoms with van der Waals surface area (Å²) in [6, 6.07) is 20.9. The van der Waals surface area contributed by atoms with Crippen molar-refractivity contribution in [1.82, 2.24) is 9.55 Å². The predicted molar refractivity (Wildman–Crippen MR) is 137 cm³/mol. The number of aryl methyl sites for hydroxylation is 1. The van der Waals surface area contributed by atoms with E-state index in [0.717, 1.165) is 22.6 Å². The van der Waals surface area contributed by atoms with Crippen molar-refractivity contribution in [3.8, 4) is 11.5 Å². The average Bonchev–Trinajstić information content (AvgIpc) is 3.18. The Morgan fingerprint density at radius 2 is 1.71 bits per heavy atom. The molecule has 6 nitrogen and oxygen atoms in total. The van der Waals surface area contributed by atoms with Crippen molar-refractivity contribution in [2.24, 2.45) is 0 Å². The van der Waals surface area contributed by atoms with E-state index in [1.165, 1.54) is 18.1 Å². The maximum atomic E-state index is 11.4. The number of Topliss-reactive ketones (excluding diaryl/α,β-unsaturated/α-hetero) is 1. The van der Waals surface area contributed by atoms with E-state index < -0.39 is 6.10 Å². The molecule has 35 heavy (non-hydrogen) atoms. The van der Waals surface area contributed by atoms with E-state index >= 15 is 0 Å². The molecule has 6 heteroatoms. The van der Waals surface area contributed by atoms with E-state index in [2.05, 4.69) is 32.9 Å². The number of hydrogen-bond acceptors (Lipinski definition) is 5. The fraction of sp³-hybridized carbons (Fsp3) is 0.310. The highest BCUT2D eigenvalue weighted by molar-refractivity contribution is 5.94. The third-order valence-corrected chi connectivity index (χ3v) is 6.06. The minimum Gasteiger partial charge on any atom is -0.491 e. The van der Waals surface area contributed by atoms with Gasteiger partial charge < -0.3 is 19.1 Å². The summed E-state index contributed by atoms with van der Waals surface area (Å²) in [5.74, 6) is 2.60. The normalized spacial score (nSPS) is 12.2. The lowest BCUT2D eigenvalue weighted by Gasteiger charge is -2.16. The van der Waals surface area contributed by atoms with Crippen LogP contribution in [0.3, 0.4) is 0 Å². The first kappa shape index (κ1) is 24.5. The second kappa shape index (κ2) is 10.7. The van der Waals surface area contributed by atoms with Gasteiger partial charge in [0.15, 0.2) is 5.78 Å². The Balaban J connectivity index is 1.46. The Hall–Kier alpha value is -3.64. The number of nitrogens with zero attached hydrogens (tertiary/aromatic N) is 2. The Morgan fingerprint density at radius 1 is 1.00 bits per heavy atom. The van der Waals surface area contributed by atoms with Crippen LogP contribution in [0.15, 0.2) is 66.7 Å². The van der Waals surface area contributed by atoms with Crippen LogP contribution in [-0.4, -0.2) is 33.2 Å². The molecule has 3 aromatic carbocycles. The van der Waals surface area contributed by atoms with Crippen LogP contribution in [0.5, 0.6) is 11.5 Å². The van der Waals surface area contributed by atoms with Crippen LogP contribution in [-0.2, 0) is 13.2 Å². The second-order valence-corrected chi connectivity index (χ2v) is 9.13. The molecule has 0 saturated heterocycles. The molecule has 1 atom stereocenters. The molecule has 182 valence electrons. The van der Waals surface area contributed by atoms with Gasteiger partial charge in [-0.05, 0) is 79.4 Å². The number of ether oxygens (including phenoxy) is 2. The van der Waals surface area contributed by atoms with Gasteiger partial charge in [-0.2, -0.15) is 0 Å². The highest BCUT2D eigenvalue weighted by atomic mass is 16.5. The van der Waals surface area contributed by atoms with Gasteiger partial charge in [-0.3, -0.25) is 4.79 Å². The maximum Gasteiger partial charge on any atom is 0.159 e. The van der Waals surface area contributed by atoms with Crippen LogP contribution in [0.2, 0.25) is 0 Å². The number of aliphatic hydroxyl groups is 1. The molecule has 0 aliphatic heterocycles. The number of hydrogen-bond donors (Lipinski definition) is 1. The Labute approximate surface area is 206 Å². The maximum absolute atomic E-state index is 11.4. The van der Waals surface area contributed by atoms with Crippen molar-refractivity contribution < 1.29 is 19.4 Å². The number of carbonyl (C=O) groups excluding carboxylic acids is 1. The number of ketones is 1. The van der Waals surface area contributed by atoms with Crippen molar-refractivity contribution >= 4 is 16.8 Å². The molecule has 0 radical (unpaired) electrons. The first-order valence-corrected chi connectivity index (χ1v) is 11.9. The monoisotopic (exact) mass is 472 g/mol. The molecule has 0 spiro atoms. The average molecular weight is 473 g/mol. The highest BCUT2D eigenvalue weighted by Crippen LogP contribution is 2.25. The van der Waals surface area contributed by atoms with Gasteiger partial charge in [-0.15, -0.1) is 0 Å². The van der Waals surface area contributed by atoms with Crippen molar-refractivity contribution in [1.29, 1.82) is 0 Å². The number of aromatic nitrogens is 2. The number of benzene rings is 3. The van der Waals surface area contributed by atoms with Gasteiger partial charge in [0.1, 0.15) is 36.6 Å². The van der Waals surface area contributed by atoms with Gasteiger partial charge in [0.05, 0.1) is 17.6 Å². The molecule has 0 saturated carbocycles. The molecule has 1 unspecified atom stereocenters. The zero-order valence-electron chi connectivity index (χ0n) is 20.7. The standard InChI is InChI=1S/C29H32N2O4/c1-19(2)26-14-13-25(15-20(26)3)35-18-29-30-27-7-5-6-8-28(27)31(29)16-23(33)17-34-24-11-9-22(10-12-24)21(4)32/h5-15,19,23,33H,16-18H2,1-4H3. The lowest BCUT2D eigenvalue weighted by molar-refractivity contribution is 0.0916. The lowest BCUT2D eigenvalue weighted by atomic mass is 9.98. The summed E-state index contributed by atoms with van der Waals surface area (Å²) < 4.78 is 13.8. The third kappa shape index (κ3) is 5.89. The van der Waals surface area contributed by atoms with Crippen molar-refractivity contribution in [2.45, 2.75) is 52.9 Å². The third-order valence-electron chi connectivity index (χ3n) is 6.06. The lowest BCUT2D eigenvalue weighted by Crippen LogP contribution is -2.25. The quantitative estimate of drug-likeness (QED) is 0.300. The van der Waals surface area contributed by atoms with Crippen molar-refractivity contribution in [2.75, 3.05) is 6.61 Å². The van der Waals surface area contributed by atoms with Crippen LogP contribution in [0.25, 0.3) is 11.0 Å². The van der Waals surface area contributed by atoms with Crippen molar-refractivity contribution in [3.63, 3.8) is 0 Å². The number of imidazole rings is 1. The van der Waals surface area contributed by atoms with Gasteiger partial charge in [0.25, 0.3) is 0 Å². The van der Waals surface area contributed by atoms with Gasteiger partial charge in [0.2, 0.25) is 0 Å². The fourth-order valence-corrected chi connectivity index (χ4v) is 4.21. The molecule has 0 aliphatic rings. The molecule has 1 N–H and O–H groups in total. The van der Waals surface area contributed by atoms with Crippen LogP contribution < -0.4 is 9.47 Å². The van der Waals surface area contributed by atoms with E-state index in [1.807, 2.05) is 34.9 Å². The van der Waals surface area contributed by atoms with Crippen LogP contribution in [0.1, 0.15) is 54.0 Å². The van der Waals surface area contributed by atoms with Crippen LogP contribution >= 0.6 is 0 Å². The zero-order chi connectivity index (χ0) is 24.9. The number of para-hydroxylation sites is 2. The number of aliphatic hydroxyl groups excluding tert-OH is 1. The summed E-state index contributed by atoms with van der Waals surface area (Å²) in [4.78, 5) is 16.2. The Bertz CT molecular complexity index is 1310. The minimum atomic E-state index is -0.758. The summed E-state index contributed by atoms with van der Waals surface area (Å²) in [5.41, 5.74) is 4.92.